The molecule has 1 fully saturated rings. The van der Waals surface area contributed by atoms with E-state index in [-0.39, 0.29) is 0 Å². The molecule has 0 aliphatic carbocycles. The molecule has 2 aliphatic heterocycles. The lowest BCUT2D eigenvalue weighted by Crippen LogP contribution is -2.34. The van der Waals surface area contributed by atoms with Crippen LogP contribution in [0.3, 0.4) is 0 Å². The van der Waals surface area contributed by atoms with E-state index < -0.39 is 0 Å². The van der Waals surface area contributed by atoms with E-state index in [1.807, 2.05) is 0 Å². The van der Waals surface area contributed by atoms with Gasteiger partial charge >= 0.3 is 0 Å². The highest BCUT2D eigenvalue weighted by Crippen LogP contribution is 2.41. The van der Waals surface area contributed by atoms with Gasteiger partial charge in [0.05, 0.1) is 6.04 Å². The third-order valence-corrected chi connectivity index (χ3v) is 4.51. The fraction of sp³-hybridized carbons (Fsp3) is 0.400. The molecular weight excluding hydrogens is 224 g/mol. The van der Waals surface area contributed by atoms with Gasteiger partial charge in [0.25, 0.3) is 0 Å². The normalized spacial score (nSPS) is 22.4. The Balaban J connectivity index is 2.00. The van der Waals surface area contributed by atoms with E-state index in [0.29, 0.717) is 18.4 Å². The molecule has 2 aliphatic rings. The molecule has 1 saturated heterocycles. The van der Waals surface area contributed by atoms with Crippen molar-refractivity contribution in [1.82, 2.24) is 9.47 Å². The van der Waals surface area contributed by atoms with Crippen LogP contribution in [0.2, 0.25) is 0 Å². The van der Waals surface area contributed by atoms with E-state index in [1.54, 1.807) is 0 Å². The number of rotatable bonds is 0. The lowest BCUT2D eigenvalue weighted by Gasteiger charge is -2.31. The number of fused-ring (bicyclic) bond motifs is 5. The Hall–Kier alpha value is -1.77. The molecule has 0 bridgehead atoms. The van der Waals surface area contributed by atoms with Crippen molar-refractivity contribution in [3.8, 4) is 0 Å². The van der Waals surface area contributed by atoms with Gasteiger partial charge in [-0.15, -0.1) is 0 Å². The number of carbonyl (C=O) groups excluding carboxylic acids is 1. The van der Waals surface area contributed by atoms with Gasteiger partial charge in [-0.2, -0.15) is 0 Å². The average molecular weight is 240 g/mol. The first kappa shape index (κ1) is 10.2. The van der Waals surface area contributed by atoms with Gasteiger partial charge < -0.3 is 9.47 Å². The van der Waals surface area contributed by atoms with Crippen molar-refractivity contribution in [1.29, 1.82) is 0 Å². The zero-order valence-electron chi connectivity index (χ0n) is 10.5. The van der Waals surface area contributed by atoms with Crippen LogP contribution < -0.4 is 0 Å². The summed E-state index contributed by atoms with van der Waals surface area (Å²) in [6.07, 6.45) is 2.69. The minimum Gasteiger partial charge on any atom is -0.346 e. The lowest BCUT2D eigenvalue weighted by molar-refractivity contribution is -0.129. The first-order valence-electron chi connectivity index (χ1n) is 6.63. The van der Waals surface area contributed by atoms with E-state index >= 15 is 0 Å². The summed E-state index contributed by atoms with van der Waals surface area (Å²) in [6.45, 7) is 0.893. The van der Waals surface area contributed by atoms with Crippen molar-refractivity contribution < 1.29 is 4.79 Å². The molecule has 3 heteroatoms. The number of hydrogen-bond acceptors (Lipinski definition) is 1. The van der Waals surface area contributed by atoms with Gasteiger partial charge in [-0.3, -0.25) is 4.79 Å². The standard InChI is InChI=1S/C15H16N2O/c1-16-12-5-3-2-4-10(12)11-8-9-17-13(15(11)16)6-7-14(17)18/h2-5,13H,6-9H2,1H3. The highest BCUT2D eigenvalue weighted by atomic mass is 16.2. The highest BCUT2D eigenvalue weighted by Gasteiger charge is 2.38. The first-order chi connectivity index (χ1) is 8.77. The predicted molar refractivity (Wildman–Crippen MR) is 70.3 cm³/mol. The molecule has 1 unspecified atom stereocenters. The number of para-hydroxylation sites is 1. The molecule has 0 radical (unpaired) electrons. The minimum atomic E-state index is 0.318. The number of nitrogens with zero attached hydrogens (tertiary/aromatic N) is 2. The van der Waals surface area contributed by atoms with Crippen LogP contribution in [0.25, 0.3) is 10.9 Å². The molecule has 0 spiro atoms. The van der Waals surface area contributed by atoms with Gasteiger partial charge in [0.1, 0.15) is 0 Å². The van der Waals surface area contributed by atoms with Crippen molar-refractivity contribution in [3.05, 3.63) is 35.5 Å². The number of hydrogen-bond donors (Lipinski definition) is 0. The summed E-state index contributed by atoms with van der Waals surface area (Å²) in [7, 11) is 2.13. The van der Waals surface area contributed by atoms with Crippen LogP contribution in [0.4, 0.5) is 0 Å². The molecular formula is C15H16N2O. The van der Waals surface area contributed by atoms with Crippen LogP contribution in [0, 0.1) is 0 Å². The van der Waals surface area contributed by atoms with Crippen LogP contribution in [-0.2, 0) is 18.3 Å². The Labute approximate surface area is 106 Å². The average Bonchev–Trinajstić information content (AvgIpc) is 2.91. The monoisotopic (exact) mass is 240 g/mol. The zero-order chi connectivity index (χ0) is 12.3. The van der Waals surface area contributed by atoms with Crippen LogP contribution in [0.1, 0.15) is 30.1 Å². The minimum absolute atomic E-state index is 0.318. The molecule has 2 aromatic rings. The molecule has 1 aromatic heterocycles. The van der Waals surface area contributed by atoms with Crippen molar-refractivity contribution in [2.45, 2.75) is 25.3 Å². The Morgan fingerprint density at radius 2 is 2.06 bits per heavy atom. The zero-order valence-corrected chi connectivity index (χ0v) is 10.5. The number of carbonyl (C=O) groups is 1. The van der Waals surface area contributed by atoms with Gasteiger partial charge in [0, 0.05) is 36.6 Å². The molecule has 92 valence electrons. The maximum atomic E-state index is 11.9. The van der Waals surface area contributed by atoms with Crippen LogP contribution in [-0.4, -0.2) is 21.9 Å². The van der Waals surface area contributed by atoms with Crippen molar-refractivity contribution in [3.63, 3.8) is 0 Å². The van der Waals surface area contributed by atoms with E-state index in [4.69, 9.17) is 0 Å². The highest BCUT2D eigenvalue weighted by molar-refractivity contribution is 5.87. The van der Waals surface area contributed by atoms with Crippen LogP contribution >= 0.6 is 0 Å². The lowest BCUT2D eigenvalue weighted by atomic mass is 9.98. The molecule has 3 heterocycles. The fourth-order valence-electron chi connectivity index (χ4n) is 3.71. The second-order valence-electron chi connectivity index (χ2n) is 5.33. The molecule has 1 aromatic carbocycles. The second kappa shape index (κ2) is 3.37. The van der Waals surface area contributed by atoms with Gasteiger partial charge in [-0.25, -0.2) is 0 Å². The molecule has 1 amide bonds. The van der Waals surface area contributed by atoms with Gasteiger partial charge in [-0.1, -0.05) is 18.2 Å². The molecule has 4 rings (SSSR count). The summed E-state index contributed by atoms with van der Waals surface area (Å²) in [5.74, 6) is 0.330. The van der Waals surface area contributed by atoms with E-state index in [2.05, 4.69) is 40.8 Å². The largest absolute Gasteiger partial charge is 0.346 e. The number of aromatic nitrogens is 1. The number of aryl methyl sites for hydroxylation is 1. The second-order valence-corrected chi connectivity index (χ2v) is 5.33. The predicted octanol–water partition coefficient (Wildman–Crippen LogP) is 2.40. The fourth-order valence-corrected chi connectivity index (χ4v) is 3.71. The summed E-state index contributed by atoms with van der Waals surface area (Å²) < 4.78 is 2.29. The summed E-state index contributed by atoms with van der Waals surface area (Å²) >= 11 is 0. The Bertz CT molecular complexity index is 656. The Morgan fingerprint density at radius 1 is 1.22 bits per heavy atom. The SMILES string of the molecule is Cn1c2c(c3ccccc31)CCN1C(=O)CCC21. The van der Waals surface area contributed by atoms with Gasteiger partial charge in [-0.05, 0) is 24.5 Å². The smallest absolute Gasteiger partial charge is 0.223 e. The maximum Gasteiger partial charge on any atom is 0.223 e. The van der Waals surface area contributed by atoms with E-state index in [0.717, 1.165) is 19.4 Å². The summed E-state index contributed by atoms with van der Waals surface area (Å²) in [5, 5.41) is 1.37. The summed E-state index contributed by atoms with van der Waals surface area (Å²) in [5.41, 5.74) is 4.13. The van der Waals surface area contributed by atoms with Crippen LogP contribution in [0.5, 0.6) is 0 Å². The number of amides is 1. The number of benzene rings is 1. The molecule has 3 nitrogen and oxygen atoms in total. The molecule has 1 atom stereocenters. The summed E-state index contributed by atoms with van der Waals surface area (Å²) in [6, 6.07) is 8.90. The quantitative estimate of drug-likeness (QED) is 0.694. The molecule has 0 saturated carbocycles. The molecule has 0 N–H and O–H groups in total. The Morgan fingerprint density at radius 3 is 2.94 bits per heavy atom. The van der Waals surface area contributed by atoms with E-state index in [1.165, 1.54) is 22.2 Å². The summed E-state index contributed by atoms with van der Waals surface area (Å²) in [4.78, 5) is 13.9. The Kier molecular flexibility index (Phi) is 1.91. The van der Waals surface area contributed by atoms with Gasteiger partial charge in [0.15, 0.2) is 0 Å². The van der Waals surface area contributed by atoms with E-state index in [9.17, 15) is 4.79 Å². The third-order valence-electron chi connectivity index (χ3n) is 4.51. The van der Waals surface area contributed by atoms with Gasteiger partial charge in [0.2, 0.25) is 5.91 Å². The maximum absolute atomic E-state index is 11.9. The van der Waals surface area contributed by atoms with Crippen molar-refractivity contribution in [2.75, 3.05) is 6.54 Å². The third kappa shape index (κ3) is 1.12. The molecule has 18 heavy (non-hydrogen) atoms. The van der Waals surface area contributed by atoms with Crippen molar-refractivity contribution in [2.24, 2.45) is 7.05 Å². The van der Waals surface area contributed by atoms with Crippen LogP contribution in [0.15, 0.2) is 24.3 Å². The first-order valence-corrected chi connectivity index (χ1v) is 6.63. The topological polar surface area (TPSA) is 25.2 Å². The van der Waals surface area contributed by atoms with Crippen molar-refractivity contribution >= 4 is 16.8 Å².